The summed E-state index contributed by atoms with van der Waals surface area (Å²) in [5.74, 6) is 0.133. The van der Waals surface area contributed by atoms with Gasteiger partial charge in [-0.15, -0.1) is 10.2 Å². The van der Waals surface area contributed by atoms with Crippen LogP contribution in [0.15, 0.2) is 12.7 Å². The number of hydrogen-bond donors (Lipinski definition) is 1. The van der Waals surface area contributed by atoms with Crippen LogP contribution in [0.4, 0.5) is 0 Å². The highest BCUT2D eigenvalue weighted by atomic mass is 16.2. The number of hydrogen-bond acceptors (Lipinski definition) is 4. The first-order valence-electron chi connectivity index (χ1n) is 6.58. The first kappa shape index (κ1) is 12.1. The Labute approximate surface area is 111 Å². The van der Waals surface area contributed by atoms with Gasteiger partial charge >= 0.3 is 0 Å². The minimum atomic E-state index is -0.346. The maximum Gasteiger partial charge on any atom is 0.242 e. The highest BCUT2D eigenvalue weighted by Gasteiger charge is 2.46. The number of carbonyl (C=O) groups excluding carboxylic acids is 2. The van der Waals surface area contributed by atoms with Gasteiger partial charge in [0.25, 0.3) is 0 Å². The maximum absolute atomic E-state index is 12.2. The Bertz CT molecular complexity index is 486. The molecule has 2 aliphatic rings. The Morgan fingerprint density at radius 1 is 1.37 bits per heavy atom. The fourth-order valence-corrected chi connectivity index (χ4v) is 2.96. The number of amides is 2. The lowest BCUT2D eigenvalue weighted by atomic mass is 9.79. The summed E-state index contributed by atoms with van der Waals surface area (Å²) in [6, 6.07) is 0. The Hall–Kier alpha value is -1.92. The smallest absolute Gasteiger partial charge is 0.242 e. The number of aromatic nitrogens is 3. The lowest BCUT2D eigenvalue weighted by Gasteiger charge is -2.32. The van der Waals surface area contributed by atoms with Gasteiger partial charge in [-0.2, -0.15) is 0 Å². The average Bonchev–Trinajstić information content (AvgIpc) is 3.04. The van der Waals surface area contributed by atoms with Crippen LogP contribution < -0.4 is 5.32 Å². The topological polar surface area (TPSA) is 80.1 Å². The first-order valence-corrected chi connectivity index (χ1v) is 6.58. The van der Waals surface area contributed by atoms with Crippen LogP contribution in [-0.4, -0.2) is 51.1 Å². The zero-order valence-electron chi connectivity index (χ0n) is 10.7. The van der Waals surface area contributed by atoms with Crippen molar-refractivity contribution in [3.05, 3.63) is 12.7 Å². The second-order valence-corrected chi connectivity index (χ2v) is 5.34. The van der Waals surface area contributed by atoms with Crippen LogP contribution >= 0.6 is 0 Å². The first-order chi connectivity index (χ1) is 9.20. The predicted octanol–water partition coefficient (Wildman–Crippen LogP) is -0.593. The number of carbonyl (C=O) groups is 2. The average molecular weight is 263 g/mol. The molecule has 0 bridgehead atoms. The van der Waals surface area contributed by atoms with Crippen molar-refractivity contribution in [1.29, 1.82) is 0 Å². The van der Waals surface area contributed by atoms with E-state index in [4.69, 9.17) is 0 Å². The van der Waals surface area contributed by atoms with Gasteiger partial charge in [0.05, 0.1) is 5.41 Å². The molecule has 1 spiro atoms. The van der Waals surface area contributed by atoms with E-state index in [1.807, 2.05) is 0 Å². The molecule has 102 valence electrons. The number of likely N-dealkylation sites (tertiary alicyclic amines) is 1. The van der Waals surface area contributed by atoms with Crippen molar-refractivity contribution in [2.24, 2.45) is 5.41 Å². The predicted molar refractivity (Wildman–Crippen MR) is 65.9 cm³/mol. The summed E-state index contributed by atoms with van der Waals surface area (Å²) in [7, 11) is 0. The van der Waals surface area contributed by atoms with Gasteiger partial charge in [0.15, 0.2) is 0 Å². The molecule has 2 fully saturated rings. The van der Waals surface area contributed by atoms with Crippen LogP contribution in [0.1, 0.15) is 19.3 Å². The zero-order chi connectivity index (χ0) is 13.3. The summed E-state index contributed by atoms with van der Waals surface area (Å²) in [5.41, 5.74) is -0.346. The van der Waals surface area contributed by atoms with E-state index in [9.17, 15) is 9.59 Å². The van der Waals surface area contributed by atoms with Crippen molar-refractivity contribution in [1.82, 2.24) is 25.0 Å². The number of piperidine rings is 1. The van der Waals surface area contributed by atoms with Crippen LogP contribution in [0, 0.1) is 5.41 Å². The van der Waals surface area contributed by atoms with E-state index in [1.165, 1.54) is 12.7 Å². The van der Waals surface area contributed by atoms with Crippen LogP contribution in [0.2, 0.25) is 0 Å². The monoisotopic (exact) mass is 263 g/mol. The molecule has 1 atom stereocenters. The molecule has 19 heavy (non-hydrogen) atoms. The lowest BCUT2D eigenvalue weighted by Crippen LogP contribution is -2.48. The maximum atomic E-state index is 12.2. The molecule has 1 aromatic rings. The van der Waals surface area contributed by atoms with Crippen molar-refractivity contribution in [3.8, 4) is 0 Å². The van der Waals surface area contributed by atoms with E-state index < -0.39 is 0 Å². The molecule has 0 aliphatic carbocycles. The molecule has 1 N–H and O–H groups in total. The van der Waals surface area contributed by atoms with E-state index >= 15 is 0 Å². The van der Waals surface area contributed by atoms with E-state index in [-0.39, 0.29) is 23.8 Å². The Kier molecular flexibility index (Phi) is 2.96. The van der Waals surface area contributed by atoms with Crippen LogP contribution in [0.25, 0.3) is 0 Å². The molecule has 0 saturated carbocycles. The molecule has 2 aliphatic heterocycles. The summed E-state index contributed by atoms with van der Waals surface area (Å²) in [4.78, 5) is 26.0. The fraction of sp³-hybridized carbons (Fsp3) is 0.667. The highest BCUT2D eigenvalue weighted by Crippen LogP contribution is 2.37. The van der Waals surface area contributed by atoms with Gasteiger partial charge < -0.3 is 14.8 Å². The van der Waals surface area contributed by atoms with Gasteiger partial charge in [-0.25, -0.2) is 0 Å². The van der Waals surface area contributed by atoms with Gasteiger partial charge in [0, 0.05) is 19.6 Å². The molecule has 3 rings (SSSR count). The summed E-state index contributed by atoms with van der Waals surface area (Å²) < 4.78 is 1.65. The van der Waals surface area contributed by atoms with E-state index in [1.54, 1.807) is 9.47 Å². The van der Waals surface area contributed by atoms with Gasteiger partial charge in [-0.05, 0) is 19.3 Å². The fourth-order valence-electron chi connectivity index (χ4n) is 2.96. The molecule has 2 saturated heterocycles. The van der Waals surface area contributed by atoms with Crippen LogP contribution in [0.3, 0.4) is 0 Å². The molecule has 2 amide bonds. The number of nitrogens with zero attached hydrogens (tertiary/aromatic N) is 4. The van der Waals surface area contributed by atoms with Crippen LogP contribution in [0.5, 0.6) is 0 Å². The summed E-state index contributed by atoms with van der Waals surface area (Å²) in [5, 5.41) is 10.3. The third-order valence-corrected chi connectivity index (χ3v) is 4.09. The summed E-state index contributed by atoms with van der Waals surface area (Å²) >= 11 is 0. The Balaban J connectivity index is 1.65. The van der Waals surface area contributed by atoms with Gasteiger partial charge in [0.2, 0.25) is 11.8 Å². The zero-order valence-corrected chi connectivity index (χ0v) is 10.7. The lowest BCUT2D eigenvalue weighted by molar-refractivity contribution is -0.135. The molecule has 1 unspecified atom stereocenters. The molecule has 7 nitrogen and oxygen atoms in total. The SMILES string of the molecule is O=C(Cn1cnnc1)N1CCC2(CCCNC2=O)C1. The molecule has 7 heteroatoms. The molecule has 1 aromatic heterocycles. The largest absolute Gasteiger partial charge is 0.356 e. The number of rotatable bonds is 2. The second-order valence-electron chi connectivity index (χ2n) is 5.34. The third-order valence-electron chi connectivity index (χ3n) is 4.09. The summed E-state index contributed by atoms with van der Waals surface area (Å²) in [6.07, 6.45) is 5.70. The molecule has 3 heterocycles. The normalized spacial score (nSPS) is 26.7. The van der Waals surface area contributed by atoms with Crippen molar-refractivity contribution in [2.75, 3.05) is 19.6 Å². The standard InChI is InChI=1S/C12H17N5O2/c18-10(6-16-8-14-15-9-16)17-5-3-12(7-17)2-1-4-13-11(12)19/h8-9H,1-7H2,(H,13,19). The van der Waals surface area contributed by atoms with E-state index in [2.05, 4.69) is 15.5 Å². The van der Waals surface area contributed by atoms with Crippen molar-refractivity contribution in [2.45, 2.75) is 25.8 Å². The minimum absolute atomic E-state index is 0.0232. The minimum Gasteiger partial charge on any atom is -0.356 e. The van der Waals surface area contributed by atoms with Crippen molar-refractivity contribution < 1.29 is 9.59 Å². The molecule has 0 aromatic carbocycles. The molecular weight excluding hydrogens is 246 g/mol. The Morgan fingerprint density at radius 3 is 2.89 bits per heavy atom. The van der Waals surface area contributed by atoms with Gasteiger partial charge in [-0.1, -0.05) is 0 Å². The van der Waals surface area contributed by atoms with E-state index in [0.717, 1.165) is 25.8 Å². The molecule has 0 radical (unpaired) electrons. The van der Waals surface area contributed by atoms with Gasteiger partial charge in [-0.3, -0.25) is 9.59 Å². The van der Waals surface area contributed by atoms with Crippen molar-refractivity contribution >= 4 is 11.8 Å². The van der Waals surface area contributed by atoms with E-state index in [0.29, 0.717) is 13.1 Å². The summed E-state index contributed by atoms with van der Waals surface area (Å²) in [6.45, 7) is 2.20. The number of nitrogens with one attached hydrogen (secondary N) is 1. The van der Waals surface area contributed by atoms with Crippen LogP contribution in [-0.2, 0) is 16.1 Å². The quantitative estimate of drug-likeness (QED) is 0.773. The van der Waals surface area contributed by atoms with Crippen molar-refractivity contribution in [3.63, 3.8) is 0 Å². The Morgan fingerprint density at radius 2 is 2.16 bits per heavy atom. The second kappa shape index (κ2) is 4.64. The van der Waals surface area contributed by atoms with Gasteiger partial charge in [0.1, 0.15) is 19.2 Å². The third kappa shape index (κ3) is 2.20. The highest BCUT2D eigenvalue weighted by molar-refractivity contribution is 5.85. The molecular formula is C12H17N5O2.